The van der Waals surface area contributed by atoms with Crippen molar-refractivity contribution in [1.82, 2.24) is 4.90 Å². The third kappa shape index (κ3) is 7.86. The lowest BCUT2D eigenvalue weighted by atomic mass is 9.45. The van der Waals surface area contributed by atoms with Gasteiger partial charge in [-0.3, -0.25) is 24.1 Å². The van der Waals surface area contributed by atoms with Gasteiger partial charge in [-0.05, 0) is 86.4 Å². The second kappa shape index (κ2) is 14.7. The van der Waals surface area contributed by atoms with Gasteiger partial charge >= 0.3 is 23.9 Å². The Morgan fingerprint density at radius 2 is 1.53 bits per heavy atom. The van der Waals surface area contributed by atoms with E-state index >= 15 is 0 Å². The number of carbonyl (C=O) groups is 4. The normalized spacial score (nSPS) is 38.6. The molecule has 0 bridgehead atoms. The molecule has 1 aliphatic heterocycles. The van der Waals surface area contributed by atoms with E-state index in [1.54, 1.807) is 0 Å². The number of fused-ring (bicyclic) bond motifs is 5. The molecule has 1 heterocycles. The summed E-state index contributed by atoms with van der Waals surface area (Å²) in [5.74, 6) is 0.764. The molecule has 0 spiro atoms. The molecule has 0 aromatic heterocycles. The van der Waals surface area contributed by atoms with Crippen LogP contribution in [0.15, 0.2) is 0 Å². The summed E-state index contributed by atoms with van der Waals surface area (Å²) in [5.41, 5.74) is -0.0178. The maximum atomic E-state index is 12.7. The molecule has 0 radical (unpaired) electrons. The highest BCUT2D eigenvalue weighted by Crippen LogP contribution is 2.65. The first kappa shape index (κ1) is 34.1. The Balaban J connectivity index is 1.28. The van der Waals surface area contributed by atoms with Crippen molar-refractivity contribution < 1.29 is 42.9 Å². The van der Waals surface area contributed by atoms with Crippen LogP contribution in [-0.4, -0.2) is 86.5 Å². The summed E-state index contributed by atoms with van der Waals surface area (Å²) < 4.78 is 28.9. The largest absolute Gasteiger partial charge is 0.464 e. The average Bonchev–Trinajstić information content (AvgIpc) is 3.42. The SMILES string of the molecule is CC(=O)O[C@@H]1CC[C@@]2(C)[C@@H](C1)C[C@@H](OC(C)=O)[C@H]1[C@@H]3CC[C@H](C(C)CCC(=O)OCCN4CCOCC4)[C@H]3[C@@H](OC(C)=O)C[C@@H]12. The minimum absolute atomic E-state index is 0.0178. The van der Waals surface area contributed by atoms with Crippen LogP contribution >= 0.6 is 0 Å². The van der Waals surface area contributed by atoms with E-state index in [4.69, 9.17) is 23.7 Å². The number of carbonyl (C=O) groups excluding carboxylic acids is 4. The number of ether oxygens (including phenoxy) is 5. The van der Waals surface area contributed by atoms with Crippen molar-refractivity contribution in [2.24, 2.45) is 46.8 Å². The molecule has 1 saturated heterocycles. The van der Waals surface area contributed by atoms with E-state index in [-0.39, 0.29) is 83.1 Å². The zero-order valence-electron chi connectivity index (χ0n) is 28.0. The van der Waals surface area contributed by atoms with E-state index in [2.05, 4.69) is 18.7 Å². The van der Waals surface area contributed by atoms with Crippen molar-refractivity contribution >= 4 is 23.9 Å². The lowest BCUT2D eigenvalue weighted by molar-refractivity contribution is -0.206. The van der Waals surface area contributed by atoms with Gasteiger partial charge in [-0.1, -0.05) is 13.8 Å². The Bertz CT molecular complexity index is 1080. The van der Waals surface area contributed by atoms with Crippen molar-refractivity contribution in [1.29, 1.82) is 0 Å². The van der Waals surface area contributed by atoms with Gasteiger partial charge in [0, 0.05) is 58.7 Å². The molecule has 45 heavy (non-hydrogen) atoms. The van der Waals surface area contributed by atoms with Gasteiger partial charge in [0.05, 0.1) is 13.2 Å². The van der Waals surface area contributed by atoms with Crippen LogP contribution in [0.3, 0.4) is 0 Å². The molecular formula is C35H55NO9. The third-order valence-electron chi connectivity index (χ3n) is 12.3. The molecule has 0 amide bonds. The predicted octanol–water partition coefficient (Wildman–Crippen LogP) is 4.56. The smallest absolute Gasteiger partial charge is 0.305 e. The van der Waals surface area contributed by atoms with Crippen LogP contribution in [0, 0.1) is 46.8 Å². The van der Waals surface area contributed by atoms with Crippen molar-refractivity contribution in [3.63, 3.8) is 0 Å². The third-order valence-corrected chi connectivity index (χ3v) is 12.3. The van der Waals surface area contributed by atoms with Crippen molar-refractivity contribution in [2.45, 2.75) is 111 Å². The molecule has 1 unspecified atom stereocenters. The number of morpholine rings is 1. The first-order valence-corrected chi connectivity index (χ1v) is 17.4. The van der Waals surface area contributed by atoms with Crippen LogP contribution in [0.25, 0.3) is 0 Å². The summed E-state index contributed by atoms with van der Waals surface area (Å²) in [5, 5.41) is 0. The molecular weight excluding hydrogens is 578 g/mol. The maximum absolute atomic E-state index is 12.7. The maximum Gasteiger partial charge on any atom is 0.305 e. The molecule has 0 aromatic rings. The van der Waals surface area contributed by atoms with Crippen LogP contribution in [0.5, 0.6) is 0 Å². The van der Waals surface area contributed by atoms with E-state index < -0.39 is 0 Å². The van der Waals surface area contributed by atoms with Crippen molar-refractivity contribution in [3.05, 3.63) is 0 Å². The predicted molar refractivity (Wildman–Crippen MR) is 165 cm³/mol. The molecule has 10 nitrogen and oxygen atoms in total. The van der Waals surface area contributed by atoms with Crippen LogP contribution in [0.4, 0.5) is 0 Å². The molecule has 11 atom stereocenters. The molecule has 5 fully saturated rings. The fourth-order valence-corrected chi connectivity index (χ4v) is 10.3. The van der Waals surface area contributed by atoms with Crippen LogP contribution < -0.4 is 0 Å². The van der Waals surface area contributed by atoms with Gasteiger partial charge in [-0.2, -0.15) is 0 Å². The highest BCUT2D eigenvalue weighted by Gasteiger charge is 2.63. The summed E-state index contributed by atoms with van der Waals surface area (Å²) in [7, 11) is 0. The second-order valence-corrected chi connectivity index (χ2v) is 14.8. The molecule has 4 aliphatic carbocycles. The zero-order valence-corrected chi connectivity index (χ0v) is 28.0. The number of nitrogens with zero attached hydrogens (tertiary/aromatic N) is 1. The van der Waals surface area contributed by atoms with E-state index in [1.165, 1.54) is 20.8 Å². The quantitative estimate of drug-likeness (QED) is 0.250. The Kier molecular flexibility index (Phi) is 11.2. The molecule has 5 rings (SSSR count). The van der Waals surface area contributed by atoms with Gasteiger partial charge in [0.25, 0.3) is 0 Å². The summed E-state index contributed by atoms with van der Waals surface area (Å²) in [6.07, 6.45) is 6.63. The molecule has 4 saturated carbocycles. The lowest BCUT2D eigenvalue weighted by Crippen LogP contribution is -2.60. The Morgan fingerprint density at radius 1 is 0.867 bits per heavy atom. The fraction of sp³-hybridized carbons (Fsp3) is 0.886. The number of hydrogen-bond donors (Lipinski definition) is 0. The van der Waals surface area contributed by atoms with Gasteiger partial charge in [0.1, 0.15) is 24.9 Å². The van der Waals surface area contributed by atoms with Gasteiger partial charge in [-0.15, -0.1) is 0 Å². The summed E-state index contributed by atoms with van der Waals surface area (Å²) >= 11 is 0. The lowest BCUT2D eigenvalue weighted by Gasteiger charge is -2.61. The van der Waals surface area contributed by atoms with Crippen molar-refractivity contribution in [3.8, 4) is 0 Å². The number of esters is 4. The van der Waals surface area contributed by atoms with Gasteiger partial charge in [0.2, 0.25) is 0 Å². The highest BCUT2D eigenvalue weighted by atomic mass is 16.6. The van der Waals surface area contributed by atoms with Gasteiger partial charge in [0.15, 0.2) is 0 Å². The van der Waals surface area contributed by atoms with Gasteiger partial charge in [-0.25, -0.2) is 0 Å². The Morgan fingerprint density at radius 3 is 2.20 bits per heavy atom. The van der Waals surface area contributed by atoms with Gasteiger partial charge < -0.3 is 23.7 Å². The second-order valence-electron chi connectivity index (χ2n) is 14.8. The minimum atomic E-state index is -0.261. The first-order valence-electron chi connectivity index (χ1n) is 17.4. The van der Waals surface area contributed by atoms with Crippen molar-refractivity contribution in [2.75, 3.05) is 39.5 Å². The van der Waals surface area contributed by atoms with Crippen LogP contribution in [0.2, 0.25) is 0 Å². The summed E-state index contributed by atoms with van der Waals surface area (Å²) in [6, 6.07) is 0. The van der Waals surface area contributed by atoms with E-state index in [0.29, 0.717) is 18.9 Å². The first-order chi connectivity index (χ1) is 21.5. The molecule has 0 N–H and O–H groups in total. The highest BCUT2D eigenvalue weighted by molar-refractivity contribution is 5.69. The Hall–Kier alpha value is -2.20. The zero-order chi connectivity index (χ0) is 32.3. The monoisotopic (exact) mass is 633 g/mol. The van der Waals surface area contributed by atoms with Crippen LogP contribution in [0.1, 0.15) is 92.4 Å². The topological polar surface area (TPSA) is 118 Å². The van der Waals surface area contributed by atoms with E-state index in [1.807, 2.05) is 0 Å². The van der Waals surface area contributed by atoms with E-state index in [0.717, 1.165) is 84.2 Å². The van der Waals surface area contributed by atoms with Crippen LogP contribution in [-0.2, 0) is 42.9 Å². The minimum Gasteiger partial charge on any atom is -0.464 e. The fourth-order valence-electron chi connectivity index (χ4n) is 10.3. The molecule has 5 aliphatic rings. The number of rotatable bonds is 10. The van der Waals surface area contributed by atoms with E-state index in [9.17, 15) is 19.2 Å². The summed E-state index contributed by atoms with van der Waals surface area (Å²) in [4.78, 5) is 51.6. The average molecular weight is 634 g/mol. The number of hydrogen-bond acceptors (Lipinski definition) is 10. The standard InChI is InChI=1S/C35H55NO9/c1-21(6-9-32(40)42-17-14-36-12-15-41-16-13-36)27-7-8-28-33(27)31(45-24(4)39)20-29-34(28)30(44-23(3)38)19-25-18-26(43-22(2)37)10-11-35(25,29)5/h21,25-31,33-34H,6-20H2,1-5H3/t21?,25-,26+,27+,28+,29-,30+,31-,33+,34-,35-/m0/s1. The molecule has 0 aromatic carbocycles. The Labute approximate surface area is 268 Å². The molecule has 10 heteroatoms. The summed E-state index contributed by atoms with van der Waals surface area (Å²) in [6.45, 7) is 13.4. The molecule has 254 valence electrons.